The van der Waals surface area contributed by atoms with Crippen LogP contribution in [0.3, 0.4) is 0 Å². The Bertz CT molecular complexity index is 599. The van der Waals surface area contributed by atoms with Crippen molar-refractivity contribution in [2.45, 2.75) is 31.2 Å². The highest BCUT2D eigenvalue weighted by Gasteiger charge is 2.45. The van der Waals surface area contributed by atoms with Crippen LogP contribution in [0.2, 0.25) is 0 Å². The molecule has 1 amide bonds. The zero-order valence-electron chi connectivity index (χ0n) is 14.1. The number of aromatic nitrogens is 1. The van der Waals surface area contributed by atoms with E-state index >= 15 is 0 Å². The molecule has 7 nitrogen and oxygen atoms in total. The summed E-state index contributed by atoms with van der Waals surface area (Å²) < 4.78 is 47.8. The third-order valence-electron chi connectivity index (χ3n) is 4.25. The molecule has 1 heterocycles. The van der Waals surface area contributed by atoms with E-state index < -0.39 is 29.4 Å². The fourth-order valence-corrected chi connectivity index (χ4v) is 2.88. The van der Waals surface area contributed by atoms with Crippen molar-refractivity contribution >= 4 is 5.91 Å². The molecule has 1 aromatic heterocycles. The Hall–Kier alpha value is -1.91. The summed E-state index contributed by atoms with van der Waals surface area (Å²) in [4.78, 5) is 15.2. The first kappa shape index (κ1) is 20.4. The zero-order valence-corrected chi connectivity index (χ0v) is 14.1. The van der Waals surface area contributed by atoms with Gasteiger partial charge in [-0.15, -0.1) is 0 Å². The van der Waals surface area contributed by atoms with Crippen molar-refractivity contribution in [1.29, 1.82) is 0 Å². The van der Waals surface area contributed by atoms with Gasteiger partial charge in [0.25, 0.3) is 0 Å². The molecule has 1 fully saturated rings. The van der Waals surface area contributed by atoms with Gasteiger partial charge in [0.1, 0.15) is 6.61 Å². The van der Waals surface area contributed by atoms with E-state index in [-0.39, 0.29) is 44.4 Å². The molecule has 146 valence electrons. The van der Waals surface area contributed by atoms with Crippen LogP contribution in [0.5, 0.6) is 5.88 Å². The molecule has 1 unspecified atom stereocenters. The topological polar surface area (TPSA) is 101 Å². The van der Waals surface area contributed by atoms with Gasteiger partial charge in [0.2, 0.25) is 11.8 Å². The average Bonchev–Trinajstić information content (AvgIpc) is 2.86. The van der Waals surface area contributed by atoms with Gasteiger partial charge in [-0.3, -0.25) is 4.79 Å². The number of ether oxygens (including phenoxy) is 2. The second kappa shape index (κ2) is 8.19. The van der Waals surface area contributed by atoms with Crippen LogP contribution < -0.4 is 10.1 Å². The van der Waals surface area contributed by atoms with Gasteiger partial charge in [0, 0.05) is 31.3 Å². The van der Waals surface area contributed by atoms with Crippen LogP contribution in [0.25, 0.3) is 0 Å². The molecular formula is C16H21F3N2O5. The predicted molar refractivity (Wildman–Crippen MR) is 83.3 cm³/mol. The molecule has 0 bridgehead atoms. The zero-order chi connectivity index (χ0) is 19.4. The second-order valence-electron chi connectivity index (χ2n) is 6.42. The van der Waals surface area contributed by atoms with E-state index in [1.54, 1.807) is 0 Å². The van der Waals surface area contributed by atoms with Crippen LogP contribution in [0.4, 0.5) is 13.2 Å². The van der Waals surface area contributed by atoms with Crippen molar-refractivity contribution in [3.05, 3.63) is 23.9 Å². The van der Waals surface area contributed by atoms with E-state index in [9.17, 15) is 28.2 Å². The van der Waals surface area contributed by atoms with Crippen LogP contribution in [0.1, 0.15) is 18.4 Å². The highest BCUT2D eigenvalue weighted by molar-refractivity contribution is 5.77. The van der Waals surface area contributed by atoms with Gasteiger partial charge < -0.3 is 25.0 Å². The van der Waals surface area contributed by atoms with E-state index in [4.69, 9.17) is 9.47 Å². The van der Waals surface area contributed by atoms with Crippen LogP contribution in [0.15, 0.2) is 18.3 Å². The lowest BCUT2D eigenvalue weighted by Crippen LogP contribution is -2.41. The van der Waals surface area contributed by atoms with Crippen LogP contribution in [-0.2, 0) is 15.7 Å². The fraction of sp³-hybridized carbons (Fsp3) is 0.625. The number of alkyl halides is 3. The molecule has 3 N–H and O–H groups in total. The number of aliphatic hydroxyl groups is 2. The number of aliphatic hydroxyl groups excluding tert-OH is 2. The Labute approximate surface area is 148 Å². The standard InChI is InChI=1S/C16H21F3N2O5/c1-25-7-13(24)21-8-15(4-11(22)12(23)5-15)9-26-14-3-2-10(6-20-14)16(17,18)19/h2-3,6,11-12,22-23H,4-5,7-9H2,1H3,(H,21,24)/t11-,12+,15?. The van der Waals surface area contributed by atoms with Gasteiger partial charge in [0.15, 0.2) is 0 Å². The van der Waals surface area contributed by atoms with Crippen molar-refractivity contribution in [2.75, 3.05) is 26.9 Å². The van der Waals surface area contributed by atoms with E-state index in [2.05, 4.69) is 10.3 Å². The minimum atomic E-state index is -4.49. The summed E-state index contributed by atoms with van der Waals surface area (Å²) in [5.41, 5.74) is -1.66. The summed E-state index contributed by atoms with van der Waals surface area (Å²) in [6.45, 7) is -0.0564. The largest absolute Gasteiger partial charge is 0.477 e. The summed E-state index contributed by atoms with van der Waals surface area (Å²) >= 11 is 0. The van der Waals surface area contributed by atoms with Crippen LogP contribution in [0, 0.1) is 5.41 Å². The molecule has 1 aromatic rings. The van der Waals surface area contributed by atoms with Crippen molar-refractivity contribution in [1.82, 2.24) is 10.3 Å². The van der Waals surface area contributed by atoms with Gasteiger partial charge in [0.05, 0.1) is 24.4 Å². The second-order valence-corrected chi connectivity index (χ2v) is 6.42. The first-order valence-electron chi connectivity index (χ1n) is 7.93. The third-order valence-corrected chi connectivity index (χ3v) is 4.25. The molecule has 3 atom stereocenters. The molecule has 0 saturated heterocycles. The Morgan fingerprint density at radius 2 is 2.00 bits per heavy atom. The van der Waals surface area contributed by atoms with E-state index in [0.717, 1.165) is 12.1 Å². The highest BCUT2D eigenvalue weighted by atomic mass is 19.4. The Morgan fingerprint density at radius 3 is 2.50 bits per heavy atom. The maximum Gasteiger partial charge on any atom is 0.417 e. The lowest BCUT2D eigenvalue weighted by molar-refractivity contribution is -0.137. The smallest absolute Gasteiger partial charge is 0.417 e. The van der Waals surface area contributed by atoms with Crippen molar-refractivity contribution < 1.29 is 37.7 Å². The Morgan fingerprint density at radius 1 is 1.35 bits per heavy atom. The maximum atomic E-state index is 12.6. The first-order chi connectivity index (χ1) is 12.1. The molecule has 0 aliphatic heterocycles. The first-order valence-corrected chi connectivity index (χ1v) is 7.93. The summed E-state index contributed by atoms with van der Waals surface area (Å²) in [7, 11) is 1.37. The highest BCUT2D eigenvalue weighted by Crippen LogP contribution is 2.38. The fourth-order valence-electron chi connectivity index (χ4n) is 2.88. The van der Waals surface area contributed by atoms with E-state index in [1.165, 1.54) is 7.11 Å². The number of methoxy groups -OCH3 is 1. The minimum Gasteiger partial charge on any atom is -0.477 e. The molecule has 1 aliphatic carbocycles. The number of nitrogens with zero attached hydrogens (tertiary/aromatic N) is 1. The van der Waals surface area contributed by atoms with Gasteiger partial charge >= 0.3 is 6.18 Å². The number of carbonyl (C=O) groups is 1. The normalized spacial score (nSPS) is 25.9. The third kappa shape index (κ3) is 5.29. The number of hydrogen-bond donors (Lipinski definition) is 3. The molecule has 1 saturated carbocycles. The molecule has 1 aliphatic rings. The summed E-state index contributed by atoms with van der Waals surface area (Å²) in [5.74, 6) is -0.383. The number of carbonyl (C=O) groups excluding carboxylic acids is 1. The molecule has 2 rings (SSSR count). The number of pyridine rings is 1. The molecular weight excluding hydrogens is 357 g/mol. The molecule has 0 aromatic carbocycles. The number of rotatable bonds is 7. The van der Waals surface area contributed by atoms with Crippen molar-refractivity contribution in [3.8, 4) is 5.88 Å². The monoisotopic (exact) mass is 378 g/mol. The molecule has 26 heavy (non-hydrogen) atoms. The number of amides is 1. The summed E-state index contributed by atoms with van der Waals surface area (Å²) in [5, 5.41) is 22.3. The van der Waals surface area contributed by atoms with Gasteiger partial charge in [-0.05, 0) is 18.9 Å². The van der Waals surface area contributed by atoms with E-state index in [0.29, 0.717) is 6.20 Å². The quantitative estimate of drug-likeness (QED) is 0.647. The van der Waals surface area contributed by atoms with E-state index in [1.807, 2.05) is 0 Å². The van der Waals surface area contributed by atoms with Gasteiger partial charge in [-0.25, -0.2) is 4.98 Å². The summed E-state index contributed by atoms with van der Waals surface area (Å²) in [6.07, 6.45) is -5.43. The predicted octanol–water partition coefficient (Wildman–Crippen LogP) is 0.744. The van der Waals surface area contributed by atoms with Crippen molar-refractivity contribution in [2.24, 2.45) is 5.41 Å². The van der Waals surface area contributed by atoms with Gasteiger partial charge in [-0.1, -0.05) is 0 Å². The summed E-state index contributed by atoms with van der Waals surface area (Å²) in [6, 6.07) is 1.95. The lowest BCUT2D eigenvalue weighted by Gasteiger charge is -2.29. The Kier molecular flexibility index (Phi) is 6.43. The lowest BCUT2D eigenvalue weighted by atomic mass is 9.86. The number of hydrogen-bond acceptors (Lipinski definition) is 6. The number of nitrogens with one attached hydrogen (secondary N) is 1. The van der Waals surface area contributed by atoms with Gasteiger partial charge in [-0.2, -0.15) is 13.2 Å². The average molecular weight is 378 g/mol. The minimum absolute atomic E-state index is 0.0172. The van der Waals surface area contributed by atoms with Crippen molar-refractivity contribution in [3.63, 3.8) is 0 Å². The Balaban J connectivity index is 2.02. The number of halogens is 3. The molecule has 0 spiro atoms. The molecule has 0 radical (unpaired) electrons. The van der Waals surface area contributed by atoms with Crippen LogP contribution in [-0.4, -0.2) is 60.2 Å². The maximum absolute atomic E-state index is 12.6. The SMILES string of the molecule is COCC(=O)NCC1(COc2ccc(C(F)(F)F)cn2)C[C@@H](O)[C@@H](O)C1. The molecule has 10 heteroatoms. The van der Waals surface area contributed by atoms with Crippen LogP contribution >= 0.6 is 0 Å².